The summed E-state index contributed by atoms with van der Waals surface area (Å²) in [6.45, 7) is 2.28. The summed E-state index contributed by atoms with van der Waals surface area (Å²) < 4.78 is 0. The van der Waals surface area contributed by atoms with Crippen molar-refractivity contribution in [3.8, 4) is 12.0 Å². The van der Waals surface area contributed by atoms with Gasteiger partial charge in [0.05, 0.1) is 0 Å². The van der Waals surface area contributed by atoms with Crippen LogP contribution in [-0.2, 0) is 0 Å². The SMILES string of the molecule is CCCCCCCCCCCCCCCCC#CN. The van der Waals surface area contributed by atoms with E-state index in [2.05, 4.69) is 18.9 Å². The second-order valence-corrected chi connectivity index (χ2v) is 5.67. The first-order valence-corrected chi connectivity index (χ1v) is 8.60. The van der Waals surface area contributed by atoms with Crippen molar-refractivity contribution in [3.05, 3.63) is 0 Å². The summed E-state index contributed by atoms with van der Waals surface area (Å²) in [6.07, 6.45) is 20.7. The minimum atomic E-state index is 0.981. The lowest BCUT2D eigenvalue weighted by Crippen LogP contribution is -1.83. The lowest BCUT2D eigenvalue weighted by Gasteiger charge is -2.02. The molecule has 0 aromatic carbocycles. The van der Waals surface area contributed by atoms with Gasteiger partial charge in [-0.2, -0.15) is 0 Å². The van der Waals surface area contributed by atoms with E-state index in [1.807, 2.05) is 0 Å². The maximum Gasteiger partial charge on any atom is 0.0107 e. The van der Waals surface area contributed by atoms with Gasteiger partial charge < -0.3 is 5.73 Å². The minimum absolute atomic E-state index is 0.981. The third kappa shape index (κ3) is 17.4. The van der Waals surface area contributed by atoms with Gasteiger partial charge in [0.2, 0.25) is 0 Å². The second-order valence-electron chi connectivity index (χ2n) is 5.67. The molecule has 0 saturated carbocycles. The summed E-state index contributed by atoms with van der Waals surface area (Å²) in [4.78, 5) is 0. The molecule has 0 saturated heterocycles. The fourth-order valence-electron chi connectivity index (χ4n) is 2.48. The highest BCUT2D eigenvalue weighted by molar-refractivity contribution is 4.93. The molecule has 0 spiro atoms. The normalized spacial score (nSPS) is 10.2. The van der Waals surface area contributed by atoms with Crippen LogP contribution < -0.4 is 5.73 Å². The van der Waals surface area contributed by atoms with E-state index in [0.717, 1.165) is 6.42 Å². The smallest absolute Gasteiger partial charge is 0.0107 e. The van der Waals surface area contributed by atoms with Crippen LogP contribution in [0.15, 0.2) is 0 Å². The Morgan fingerprint density at radius 2 is 0.947 bits per heavy atom. The van der Waals surface area contributed by atoms with Gasteiger partial charge in [-0.3, -0.25) is 0 Å². The predicted octanol–water partition coefficient (Wildman–Crippen LogP) is 5.78. The van der Waals surface area contributed by atoms with Gasteiger partial charge >= 0.3 is 0 Å². The molecule has 2 N–H and O–H groups in total. The summed E-state index contributed by atoms with van der Waals surface area (Å²) in [5, 5.41) is 0. The van der Waals surface area contributed by atoms with Gasteiger partial charge in [0.15, 0.2) is 0 Å². The van der Waals surface area contributed by atoms with Crippen LogP contribution in [-0.4, -0.2) is 0 Å². The predicted molar refractivity (Wildman–Crippen MR) is 86.9 cm³/mol. The van der Waals surface area contributed by atoms with Crippen LogP contribution in [0.5, 0.6) is 0 Å². The molecule has 0 unspecified atom stereocenters. The van der Waals surface area contributed by atoms with Crippen molar-refractivity contribution in [1.29, 1.82) is 0 Å². The van der Waals surface area contributed by atoms with Crippen molar-refractivity contribution in [1.82, 2.24) is 0 Å². The van der Waals surface area contributed by atoms with Gasteiger partial charge in [-0.1, -0.05) is 96.3 Å². The second kappa shape index (κ2) is 17.4. The molecule has 1 nitrogen and oxygen atoms in total. The van der Waals surface area contributed by atoms with Gasteiger partial charge in [-0.25, -0.2) is 0 Å². The van der Waals surface area contributed by atoms with E-state index in [0.29, 0.717) is 0 Å². The van der Waals surface area contributed by atoms with Crippen molar-refractivity contribution < 1.29 is 0 Å². The van der Waals surface area contributed by atoms with Gasteiger partial charge in [-0.15, -0.1) is 0 Å². The van der Waals surface area contributed by atoms with Gasteiger partial charge in [0, 0.05) is 12.5 Å². The number of hydrogen-bond donors (Lipinski definition) is 1. The zero-order valence-corrected chi connectivity index (χ0v) is 13.2. The van der Waals surface area contributed by atoms with E-state index in [4.69, 9.17) is 5.73 Å². The molecule has 0 atom stereocenters. The first kappa shape index (κ1) is 18.4. The Hall–Kier alpha value is -0.640. The fourth-order valence-corrected chi connectivity index (χ4v) is 2.48. The molecule has 0 heterocycles. The van der Waals surface area contributed by atoms with Gasteiger partial charge in [-0.05, 0) is 6.42 Å². The summed E-state index contributed by atoms with van der Waals surface area (Å²) >= 11 is 0. The maximum absolute atomic E-state index is 5.12. The molecule has 0 aliphatic carbocycles. The first-order valence-electron chi connectivity index (χ1n) is 8.60. The quantitative estimate of drug-likeness (QED) is 0.240. The fraction of sp³-hybridized carbons (Fsp3) is 0.889. The van der Waals surface area contributed by atoms with E-state index < -0.39 is 0 Å². The zero-order chi connectivity index (χ0) is 14.0. The molecule has 0 aromatic heterocycles. The Balaban J connectivity index is 2.92. The molecule has 19 heavy (non-hydrogen) atoms. The zero-order valence-electron chi connectivity index (χ0n) is 13.2. The van der Waals surface area contributed by atoms with E-state index in [1.54, 1.807) is 0 Å². The van der Waals surface area contributed by atoms with E-state index >= 15 is 0 Å². The van der Waals surface area contributed by atoms with Crippen molar-refractivity contribution in [2.45, 2.75) is 103 Å². The Kier molecular flexibility index (Phi) is 16.8. The Morgan fingerprint density at radius 3 is 1.32 bits per heavy atom. The average molecular weight is 265 g/mol. The van der Waals surface area contributed by atoms with E-state index in [9.17, 15) is 0 Å². The molecule has 0 rings (SSSR count). The van der Waals surface area contributed by atoms with Crippen molar-refractivity contribution in [3.63, 3.8) is 0 Å². The molecule has 0 aromatic rings. The first-order chi connectivity index (χ1) is 9.41. The van der Waals surface area contributed by atoms with Crippen LogP contribution in [0.25, 0.3) is 0 Å². The summed E-state index contributed by atoms with van der Waals surface area (Å²) in [5.41, 5.74) is 5.12. The molecule has 0 fully saturated rings. The molecule has 0 bridgehead atoms. The monoisotopic (exact) mass is 265 g/mol. The molecule has 1 heteroatoms. The number of rotatable bonds is 14. The Labute approximate surface area is 121 Å². The average Bonchev–Trinajstić information content (AvgIpc) is 2.43. The van der Waals surface area contributed by atoms with Crippen molar-refractivity contribution in [2.75, 3.05) is 0 Å². The topological polar surface area (TPSA) is 26.0 Å². The Morgan fingerprint density at radius 1 is 0.579 bits per heavy atom. The molecule has 0 amide bonds. The number of unbranched alkanes of at least 4 members (excludes halogenated alkanes) is 14. The van der Waals surface area contributed by atoms with Crippen LogP contribution in [0.4, 0.5) is 0 Å². The van der Waals surface area contributed by atoms with Gasteiger partial charge in [0.25, 0.3) is 0 Å². The van der Waals surface area contributed by atoms with Crippen molar-refractivity contribution >= 4 is 0 Å². The third-order valence-corrected chi connectivity index (χ3v) is 3.76. The highest BCUT2D eigenvalue weighted by atomic mass is 14.4. The van der Waals surface area contributed by atoms with E-state index in [-0.39, 0.29) is 0 Å². The Bertz CT molecular complexity index is 211. The minimum Gasteiger partial charge on any atom is -0.359 e. The van der Waals surface area contributed by atoms with Crippen LogP contribution in [0.2, 0.25) is 0 Å². The lowest BCUT2D eigenvalue weighted by molar-refractivity contribution is 0.536. The molecule has 112 valence electrons. The van der Waals surface area contributed by atoms with E-state index in [1.165, 1.54) is 89.9 Å². The van der Waals surface area contributed by atoms with Crippen molar-refractivity contribution in [2.24, 2.45) is 5.73 Å². The molecule has 0 aliphatic rings. The molecule has 0 aliphatic heterocycles. The lowest BCUT2D eigenvalue weighted by atomic mass is 10.0. The third-order valence-electron chi connectivity index (χ3n) is 3.76. The standard InChI is InChI=1S/C18H35N/c1-2-3-4-5-6-7-8-9-10-11-12-13-14-15-16-17-18-19/h2-16,19H2,1H3. The summed E-state index contributed by atoms with van der Waals surface area (Å²) in [6, 6.07) is 2.46. The van der Waals surface area contributed by atoms with Crippen LogP contribution >= 0.6 is 0 Å². The highest BCUT2D eigenvalue weighted by Crippen LogP contribution is 2.13. The summed E-state index contributed by atoms with van der Waals surface area (Å²) in [7, 11) is 0. The molecular weight excluding hydrogens is 230 g/mol. The molecule has 0 radical (unpaired) electrons. The van der Waals surface area contributed by atoms with Crippen LogP contribution in [0.3, 0.4) is 0 Å². The molecular formula is C18H35N. The van der Waals surface area contributed by atoms with Crippen LogP contribution in [0, 0.1) is 12.0 Å². The number of hydrogen-bond acceptors (Lipinski definition) is 1. The number of nitrogens with two attached hydrogens (primary N) is 1. The van der Waals surface area contributed by atoms with Crippen LogP contribution in [0.1, 0.15) is 103 Å². The highest BCUT2D eigenvalue weighted by Gasteiger charge is 1.93. The largest absolute Gasteiger partial charge is 0.359 e. The van der Waals surface area contributed by atoms with Gasteiger partial charge in [0.1, 0.15) is 0 Å². The maximum atomic E-state index is 5.12. The summed E-state index contributed by atoms with van der Waals surface area (Å²) in [5.74, 6) is 2.92.